The quantitative estimate of drug-likeness (QED) is 0.493. The molecule has 0 saturated carbocycles. The van der Waals surface area contributed by atoms with Crippen molar-refractivity contribution in [1.82, 2.24) is 0 Å². The first kappa shape index (κ1) is 18.4. The summed E-state index contributed by atoms with van der Waals surface area (Å²) in [4.78, 5) is 11.5. The van der Waals surface area contributed by atoms with E-state index in [4.69, 9.17) is 4.43 Å². The monoisotopic (exact) mass is 308 g/mol. The van der Waals surface area contributed by atoms with Crippen LogP contribution in [0.2, 0.25) is 18.1 Å². The summed E-state index contributed by atoms with van der Waals surface area (Å²) in [7, 11) is -1.64. The Morgan fingerprint density at radius 3 is 2.57 bits per heavy atom. The molecule has 0 fully saturated rings. The van der Waals surface area contributed by atoms with E-state index in [0.29, 0.717) is 6.42 Å². The van der Waals surface area contributed by atoms with Crippen LogP contribution in [0.5, 0.6) is 0 Å². The molecule has 0 heterocycles. The molecule has 2 nitrogen and oxygen atoms in total. The van der Waals surface area contributed by atoms with Crippen molar-refractivity contribution in [3.8, 4) is 0 Å². The van der Waals surface area contributed by atoms with Gasteiger partial charge in [0.05, 0.1) is 0 Å². The normalized spacial score (nSPS) is 23.9. The standard InChI is InChI=1S/C18H32O2Si/c1-8-15-14-16(19)10-12-18(15,5)11-9-13-20-21(6,7)17(2,3)4/h8,14H,1,9-13H2,2-7H3. The molecule has 0 amide bonds. The van der Waals surface area contributed by atoms with Gasteiger partial charge in [0.15, 0.2) is 14.1 Å². The number of carbonyl (C=O) groups is 1. The lowest BCUT2D eigenvalue weighted by molar-refractivity contribution is -0.115. The summed E-state index contributed by atoms with van der Waals surface area (Å²) in [5.74, 6) is 0.236. The molecule has 0 N–H and O–H groups in total. The maximum atomic E-state index is 11.5. The van der Waals surface area contributed by atoms with E-state index in [9.17, 15) is 4.79 Å². The van der Waals surface area contributed by atoms with Crippen molar-refractivity contribution in [2.75, 3.05) is 6.61 Å². The highest BCUT2D eigenvalue weighted by Crippen LogP contribution is 2.41. The molecule has 0 aliphatic heterocycles. The van der Waals surface area contributed by atoms with Gasteiger partial charge < -0.3 is 4.43 Å². The van der Waals surface area contributed by atoms with Gasteiger partial charge in [0.1, 0.15) is 0 Å². The lowest BCUT2D eigenvalue weighted by Gasteiger charge is -2.37. The zero-order valence-corrected chi connectivity index (χ0v) is 15.7. The van der Waals surface area contributed by atoms with E-state index < -0.39 is 8.32 Å². The second-order valence-corrected chi connectivity index (χ2v) is 12.9. The Balaban J connectivity index is 2.54. The molecule has 21 heavy (non-hydrogen) atoms. The van der Waals surface area contributed by atoms with Crippen LogP contribution in [0.25, 0.3) is 0 Å². The average molecular weight is 309 g/mol. The van der Waals surface area contributed by atoms with Gasteiger partial charge in [-0.25, -0.2) is 0 Å². The van der Waals surface area contributed by atoms with Gasteiger partial charge in [-0.05, 0) is 54.5 Å². The van der Waals surface area contributed by atoms with Crippen LogP contribution in [0.4, 0.5) is 0 Å². The molecular formula is C18H32O2Si. The summed E-state index contributed by atoms with van der Waals surface area (Å²) in [6, 6.07) is 0. The summed E-state index contributed by atoms with van der Waals surface area (Å²) < 4.78 is 6.25. The van der Waals surface area contributed by atoms with Crippen molar-refractivity contribution in [3.05, 3.63) is 24.3 Å². The average Bonchev–Trinajstić information content (AvgIpc) is 2.36. The van der Waals surface area contributed by atoms with Gasteiger partial charge in [-0.2, -0.15) is 0 Å². The van der Waals surface area contributed by atoms with Crippen LogP contribution >= 0.6 is 0 Å². The van der Waals surface area contributed by atoms with E-state index in [0.717, 1.165) is 31.4 Å². The highest BCUT2D eigenvalue weighted by Gasteiger charge is 2.37. The minimum Gasteiger partial charge on any atom is -0.417 e. The minimum atomic E-state index is -1.64. The van der Waals surface area contributed by atoms with Crippen LogP contribution in [0.15, 0.2) is 24.3 Å². The third kappa shape index (κ3) is 4.65. The van der Waals surface area contributed by atoms with E-state index in [-0.39, 0.29) is 16.2 Å². The Morgan fingerprint density at radius 2 is 2.05 bits per heavy atom. The molecule has 0 bridgehead atoms. The van der Waals surface area contributed by atoms with Crippen LogP contribution in [0.1, 0.15) is 53.4 Å². The topological polar surface area (TPSA) is 26.3 Å². The van der Waals surface area contributed by atoms with Gasteiger partial charge >= 0.3 is 0 Å². The van der Waals surface area contributed by atoms with E-state index in [1.165, 1.54) is 0 Å². The van der Waals surface area contributed by atoms with Crippen LogP contribution < -0.4 is 0 Å². The molecule has 1 aliphatic carbocycles. The van der Waals surface area contributed by atoms with Crippen molar-refractivity contribution in [2.24, 2.45) is 5.41 Å². The fourth-order valence-corrected chi connectivity index (χ4v) is 3.63. The third-order valence-corrected chi connectivity index (χ3v) is 9.84. The zero-order chi connectivity index (χ0) is 16.3. The molecule has 120 valence electrons. The Hall–Kier alpha value is -0.673. The van der Waals surface area contributed by atoms with Crippen LogP contribution in [0, 0.1) is 5.41 Å². The molecule has 0 radical (unpaired) electrons. The van der Waals surface area contributed by atoms with Gasteiger partial charge in [0.25, 0.3) is 0 Å². The zero-order valence-electron chi connectivity index (χ0n) is 14.7. The summed E-state index contributed by atoms with van der Waals surface area (Å²) in [5, 5.41) is 0.264. The molecule has 0 aromatic carbocycles. The number of rotatable bonds is 6. The largest absolute Gasteiger partial charge is 0.417 e. The van der Waals surface area contributed by atoms with Crippen molar-refractivity contribution in [3.63, 3.8) is 0 Å². The number of hydrogen-bond donors (Lipinski definition) is 0. The van der Waals surface area contributed by atoms with Gasteiger partial charge in [-0.1, -0.05) is 40.3 Å². The lowest BCUT2D eigenvalue weighted by Crippen LogP contribution is -2.41. The van der Waals surface area contributed by atoms with Gasteiger partial charge in [-0.15, -0.1) is 0 Å². The molecule has 0 aromatic rings. The SMILES string of the molecule is C=CC1=CC(=O)CCC1(C)CCCO[Si](C)(C)C(C)(C)C. The minimum absolute atomic E-state index is 0.0897. The molecule has 0 saturated heterocycles. The summed E-state index contributed by atoms with van der Waals surface area (Å²) in [5.41, 5.74) is 1.19. The number of carbonyl (C=O) groups excluding carboxylic acids is 1. The number of ketones is 1. The number of hydrogen-bond acceptors (Lipinski definition) is 2. The van der Waals surface area contributed by atoms with Crippen molar-refractivity contribution in [2.45, 2.75) is 71.5 Å². The third-order valence-electron chi connectivity index (χ3n) is 5.30. The molecule has 0 spiro atoms. The smallest absolute Gasteiger partial charge is 0.191 e. The highest BCUT2D eigenvalue weighted by atomic mass is 28.4. The fraction of sp³-hybridized carbons (Fsp3) is 0.722. The summed E-state index contributed by atoms with van der Waals surface area (Å²) in [6.07, 6.45) is 7.34. The van der Waals surface area contributed by atoms with Gasteiger partial charge in [0, 0.05) is 13.0 Å². The lowest BCUT2D eigenvalue weighted by atomic mass is 9.71. The van der Waals surface area contributed by atoms with Crippen LogP contribution in [-0.2, 0) is 9.22 Å². The predicted octanol–water partition coefficient (Wildman–Crippen LogP) is 5.27. The Kier molecular flexibility index (Phi) is 5.79. The Bertz CT molecular complexity index is 429. The second kappa shape index (κ2) is 6.61. The van der Waals surface area contributed by atoms with Gasteiger partial charge in [-0.3, -0.25) is 4.79 Å². The van der Waals surface area contributed by atoms with E-state index in [1.807, 2.05) is 6.08 Å². The first-order valence-electron chi connectivity index (χ1n) is 8.03. The fourth-order valence-electron chi connectivity index (χ4n) is 2.54. The van der Waals surface area contributed by atoms with Crippen molar-refractivity contribution in [1.29, 1.82) is 0 Å². The maximum Gasteiger partial charge on any atom is 0.191 e. The molecule has 0 aromatic heterocycles. The number of allylic oxidation sites excluding steroid dienone is 3. The van der Waals surface area contributed by atoms with Crippen molar-refractivity contribution >= 4 is 14.1 Å². The molecule has 1 rings (SSSR count). The van der Waals surface area contributed by atoms with E-state index in [1.54, 1.807) is 6.08 Å². The van der Waals surface area contributed by atoms with Crippen LogP contribution in [0.3, 0.4) is 0 Å². The summed E-state index contributed by atoms with van der Waals surface area (Å²) >= 11 is 0. The van der Waals surface area contributed by atoms with Crippen molar-refractivity contribution < 1.29 is 9.22 Å². The first-order chi connectivity index (χ1) is 9.52. The Labute approximate surface area is 131 Å². The molecule has 3 heteroatoms. The van der Waals surface area contributed by atoms with E-state index >= 15 is 0 Å². The first-order valence-corrected chi connectivity index (χ1v) is 10.9. The van der Waals surface area contributed by atoms with Gasteiger partial charge in [0.2, 0.25) is 0 Å². The highest BCUT2D eigenvalue weighted by molar-refractivity contribution is 6.74. The molecule has 1 unspecified atom stereocenters. The molecular weight excluding hydrogens is 276 g/mol. The summed E-state index contributed by atoms with van der Waals surface area (Å²) in [6.45, 7) is 18.3. The van der Waals surface area contributed by atoms with E-state index in [2.05, 4.69) is 47.4 Å². The Morgan fingerprint density at radius 1 is 1.43 bits per heavy atom. The second-order valence-electron chi connectivity index (χ2n) is 8.04. The molecule has 1 aliphatic rings. The predicted molar refractivity (Wildman–Crippen MR) is 93.0 cm³/mol. The molecule has 1 atom stereocenters. The van der Waals surface area contributed by atoms with Crippen LogP contribution in [-0.4, -0.2) is 20.7 Å². The maximum absolute atomic E-state index is 11.5.